The molecule has 1 rings (SSSR count). The molecule has 3 N–H and O–H groups in total. The first kappa shape index (κ1) is 13.7. The van der Waals surface area contributed by atoms with Gasteiger partial charge in [0.05, 0.1) is 0 Å². The van der Waals surface area contributed by atoms with Crippen LogP contribution in [-0.4, -0.2) is 35.3 Å². The number of hydrogen-bond donors (Lipinski definition) is 3. The predicted molar refractivity (Wildman–Crippen MR) is 70.3 cm³/mol. The quantitative estimate of drug-likeness (QED) is 0.703. The Bertz CT molecular complexity index is 366. The van der Waals surface area contributed by atoms with Crippen molar-refractivity contribution in [1.29, 1.82) is 0 Å². The fraction of sp³-hybridized carbons (Fsp3) is 0.667. The third-order valence-electron chi connectivity index (χ3n) is 2.84. The Morgan fingerprint density at radius 2 is 1.94 bits per heavy atom. The van der Waals surface area contributed by atoms with Crippen molar-refractivity contribution in [2.75, 3.05) is 30.8 Å². The van der Waals surface area contributed by atoms with E-state index in [1.807, 2.05) is 14.0 Å². The van der Waals surface area contributed by atoms with E-state index in [4.69, 9.17) is 5.11 Å². The van der Waals surface area contributed by atoms with Gasteiger partial charge in [0, 0.05) is 25.8 Å². The van der Waals surface area contributed by atoms with Crippen LogP contribution < -0.4 is 10.6 Å². The van der Waals surface area contributed by atoms with Gasteiger partial charge in [-0.25, -0.2) is 9.97 Å². The second-order valence-electron chi connectivity index (χ2n) is 4.94. The molecule has 5 heteroatoms. The molecule has 0 atom stereocenters. The molecule has 0 radical (unpaired) electrons. The molecule has 0 aliphatic heterocycles. The number of anilines is 2. The largest absolute Gasteiger partial charge is 0.396 e. The molecule has 0 saturated heterocycles. The molecule has 0 spiro atoms. The first-order valence-corrected chi connectivity index (χ1v) is 5.84. The van der Waals surface area contributed by atoms with Crippen molar-refractivity contribution in [3.05, 3.63) is 11.9 Å². The lowest BCUT2D eigenvalue weighted by Gasteiger charge is -2.24. The summed E-state index contributed by atoms with van der Waals surface area (Å²) in [6.07, 6.45) is 2.31. The summed E-state index contributed by atoms with van der Waals surface area (Å²) in [5, 5.41) is 15.3. The maximum atomic E-state index is 8.97. The second kappa shape index (κ2) is 5.82. The molecule has 1 heterocycles. The molecule has 17 heavy (non-hydrogen) atoms. The molecule has 5 nitrogen and oxygen atoms in total. The van der Waals surface area contributed by atoms with Crippen molar-refractivity contribution < 1.29 is 5.11 Å². The maximum Gasteiger partial charge on any atom is 0.134 e. The Balaban J connectivity index is 2.69. The van der Waals surface area contributed by atoms with Gasteiger partial charge in [0.1, 0.15) is 18.0 Å². The third-order valence-corrected chi connectivity index (χ3v) is 2.84. The molecule has 0 bridgehead atoms. The van der Waals surface area contributed by atoms with Gasteiger partial charge in [-0.3, -0.25) is 0 Å². The van der Waals surface area contributed by atoms with Gasteiger partial charge in [0.25, 0.3) is 0 Å². The molecular formula is C12H22N4O. The Morgan fingerprint density at radius 1 is 1.29 bits per heavy atom. The number of nitrogens with zero attached hydrogens (tertiary/aromatic N) is 2. The molecule has 0 aliphatic rings. The molecule has 0 aliphatic carbocycles. The number of hydrogen-bond acceptors (Lipinski definition) is 5. The van der Waals surface area contributed by atoms with Gasteiger partial charge in [-0.05, 0) is 18.8 Å². The standard InChI is InChI=1S/C12H22N4O/c1-9-10(13-4)15-8-16-11(9)14-7-12(2,3)5-6-17/h8,17H,5-7H2,1-4H3,(H2,13,14,15,16). The Kier molecular flexibility index (Phi) is 4.69. The van der Waals surface area contributed by atoms with E-state index in [1.54, 1.807) is 6.33 Å². The fourth-order valence-corrected chi connectivity index (χ4v) is 1.59. The maximum absolute atomic E-state index is 8.97. The summed E-state index contributed by atoms with van der Waals surface area (Å²) in [4.78, 5) is 8.36. The molecule has 0 amide bonds. The molecule has 0 saturated carbocycles. The first-order valence-electron chi connectivity index (χ1n) is 5.84. The van der Waals surface area contributed by atoms with Crippen molar-refractivity contribution >= 4 is 11.6 Å². The first-order chi connectivity index (χ1) is 8.00. The van der Waals surface area contributed by atoms with Crippen molar-refractivity contribution in [2.24, 2.45) is 5.41 Å². The zero-order valence-corrected chi connectivity index (χ0v) is 11.0. The van der Waals surface area contributed by atoms with E-state index in [9.17, 15) is 0 Å². The van der Waals surface area contributed by atoms with Gasteiger partial charge >= 0.3 is 0 Å². The zero-order chi connectivity index (χ0) is 12.9. The van der Waals surface area contributed by atoms with Gasteiger partial charge in [-0.15, -0.1) is 0 Å². The average Bonchev–Trinajstić information content (AvgIpc) is 2.28. The van der Waals surface area contributed by atoms with E-state index in [1.165, 1.54) is 0 Å². The normalized spacial score (nSPS) is 11.4. The van der Waals surface area contributed by atoms with Crippen LogP contribution in [0.4, 0.5) is 11.6 Å². The summed E-state index contributed by atoms with van der Waals surface area (Å²) < 4.78 is 0. The van der Waals surface area contributed by atoms with Gasteiger partial charge in [-0.1, -0.05) is 13.8 Å². The van der Waals surface area contributed by atoms with E-state index >= 15 is 0 Å². The lowest BCUT2D eigenvalue weighted by atomic mass is 9.90. The zero-order valence-electron chi connectivity index (χ0n) is 11.0. The smallest absolute Gasteiger partial charge is 0.134 e. The van der Waals surface area contributed by atoms with Crippen LogP contribution in [0.2, 0.25) is 0 Å². The predicted octanol–water partition coefficient (Wildman–Crippen LogP) is 1.65. The third kappa shape index (κ3) is 3.85. The highest BCUT2D eigenvalue weighted by molar-refractivity contribution is 5.56. The summed E-state index contributed by atoms with van der Waals surface area (Å²) in [5.41, 5.74) is 1.06. The number of rotatable bonds is 6. The fourth-order valence-electron chi connectivity index (χ4n) is 1.59. The second-order valence-corrected chi connectivity index (χ2v) is 4.94. The van der Waals surface area contributed by atoms with Crippen molar-refractivity contribution in [1.82, 2.24) is 9.97 Å². The Labute approximate surface area is 103 Å². The van der Waals surface area contributed by atoms with Crippen LogP contribution in [0.3, 0.4) is 0 Å². The highest BCUT2D eigenvalue weighted by atomic mass is 16.3. The Morgan fingerprint density at radius 3 is 2.53 bits per heavy atom. The highest BCUT2D eigenvalue weighted by Crippen LogP contribution is 2.23. The van der Waals surface area contributed by atoms with Gasteiger partial charge in [0.15, 0.2) is 0 Å². The molecule has 1 aromatic rings. The summed E-state index contributed by atoms with van der Waals surface area (Å²) in [6, 6.07) is 0. The minimum Gasteiger partial charge on any atom is -0.396 e. The topological polar surface area (TPSA) is 70.1 Å². The lowest BCUT2D eigenvalue weighted by molar-refractivity contribution is 0.220. The number of aliphatic hydroxyl groups is 1. The average molecular weight is 238 g/mol. The van der Waals surface area contributed by atoms with Gasteiger partial charge in [-0.2, -0.15) is 0 Å². The van der Waals surface area contributed by atoms with Crippen molar-refractivity contribution in [3.8, 4) is 0 Å². The van der Waals surface area contributed by atoms with Crippen LogP contribution >= 0.6 is 0 Å². The molecule has 1 aromatic heterocycles. The monoisotopic (exact) mass is 238 g/mol. The van der Waals surface area contributed by atoms with Gasteiger partial charge in [0.2, 0.25) is 0 Å². The number of aromatic nitrogens is 2. The number of aliphatic hydroxyl groups excluding tert-OH is 1. The lowest BCUT2D eigenvalue weighted by Crippen LogP contribution is -2.25. The van der Waals surface area contributed by atoms with Crippen molar-refractivity contribution in [2.45, 2.75) is 27.2 Å². The molecular weight excluding hydrogens is 216 g/mol. The van der Waals surface area contributed by atoms with Crippen LogP contribution in [0.15, 0.2) is 6.33 Å². The minimum absolute atomic E-state index is 0.0476. The van der Waals surface area contributed by atoms with Gasteiger partial charge < -0.3 is 15.7 Å². The summed E-state index contributed by atoms with van der Waals surface area (Å²) in [5.74, 6) is 1.68. The van der Waals surface area contributed by atoms with Crippen LogP contribution in [-0.2, 0) is 0 Å². The van der Waals surface area contributed by atoms with Crippen LogP contribution in [0.25, 0.3) is 0 Å². The van der Waals surface area contributed by atoms with Crippen LogP contribution in [0.1, 0.15) is 25.8 Å². The summed E-state index contributed by atoms with van der Waals surface area (Å²) >= 11 is 0. The number of nitrogens with one attached hydrogen (secondary N) is 2. The summed E-state index contributed by atoms with van der Waals surface area (Å²) in [7, 11) is 1.84. The Hall–Kier alpha value is -1.36. The highest BCUT2D eigenvalue weighted by Gasteiger charge is 2.17. The van der Waals surface area contributed by atoms with E-state index in [0.29, 0.717) is 0 Å². The molecule has 96 valence electrons. The summed E-state index contributed by atoms with van der Waals surface area (Å²) in [6.45, 7) is 7.19. The minimum atomic E-state index is 0.0476. The van der Waals surface area contributed by atoms with E-state index < -0.39 is 0 Å². The molecule has 0 aromatic carbocycles. The van der Waals surface area contributed by atoms with Crippen LogP contribution in [0, 0.1) is 12.3 Å². The molecule has 0 unspecified atom stereocenters. The van der Waals surface area contributed by atoms with Crippen LogP contribution in [0.5, 0.6) is 0 Å². The SMILES string of the molecule is CNc1ncnc(NCC(C)(C)CCO)c1C. The molecule has 0 fully saturated rings. The van der Waals surface area contributed by atoms with Crippen molar-refractivity contribution in [3.63, 3.8) is 0 Å². The van der Waals surface area contributed by atoms with E-state index in [-0.39, 0.29) is 12.0 Å². The van der Waals surface area contributed by atoms with E-state index in [0.717, 1.165) is 30.2 Å². The van der Waals surface area contributed by atoms with E-state index in [2.05, 4.69) is 34.4 Å².